The van der Waals surface area contributed by atoms with E-state index in [1.807, 2.05) is 54.6 Å². The van der Waals surface area contributed by atoms with Crippen LogP contribution in [0.15, 0.2) is 78.9 Å². The minimum atomic E-state index is -0.143. The molecule has 1 heterocycles. The predicted molar refractivity (Wildman–Crippen MR) is 135 cm³/mol. The number of anilines is 2. The summed E-state index contributed by atoms with van der Waals surface area (Å²) in [5.41, 5.74) is 2.80. The summed E-state index contributed by atoms with van der Waals surface area (Å²) in [5, 5.41) is 6.10. The molecule has 1 aliphatic rings. The van der Waals surface area contributed by atoms with Crippen LogP contribution in [0.25, 0.3) is 0 Å². The fourth-order valence-electron chi connectivity index (χ4n) is 3.85. The van der Waals surface area contributed by atoms with Gasteiger partial charge < -0.3 is 24.8 Å². The molecular weight excluding hydrogens is 428 g/mol. The Kier molecular flexibility index (Phi) is 8.80. The highest BCUT2D eigenvalue weighted by molar-refractivity contribution is 5.94. The fraction of sp³-hybridized carbons (Fsp3) is 0.321. The monoisotopic (exact) mass is 460 g/mol. The van der Waals surface area contributed by atoms with Crippen molar-refractivity contribution in [1.29, 1.82) is 0 Å². The zero-order valence-electron chi connectivity index (χ0n) is 19.4. The number of ether oxygens (including phenoxy) is 3. The molecule has 1 atom stereocenters. The molecule has 1 saturated heterocycles. The Morgan fingerprint density at radius 2 is 1.82 bits per heavy atom. The molecule has 0 bridgehead atoms. The van der Waals surface area contributed by atoms with Crippen molar-refractivity contribution in [2.24, 2.45) is 0 Å². The van der Waals surface area contributed by atoms with Gasteiger partial charge in [0.05, 0.1) is 24.9 Å². The van der Waals surface area contributed by atoms with Gasteiger partial charge in [-0.2, -0.15) is 0 Å². The van der Waals surface area contributed by atoms with E-state index in [1.165, 1.54) is 5.56 Å². The Hall–Kier alpha value is -3.51. The quantitative estimate of drug-likeness (QED) is 0.359. The second kappa shape index (κ2) is 12.7. The maximum Gasteiger partial charge on any atom is 0.243 e. The number of carbonyl (C=O) groups excluding carboxylic acids is 1. The van der Waals surface area contributed by atoms with Gasteiger partial charge in [0.25, 0.3) is 0 Å². The Balaban J connectivity index is 1.22. The van der Waals surface area contributed by atoms with Crippen LogP contribution in [0.3, 0.4) is 0 Å². The number of hydrogen-bond donors (Lipinski definition) is 2. The normalized spacial score (nSPS) is 15.0. The molecule has 1 fully saturated rings. The Morgan fingerprint density at radius 3 is 2.68 bits per heavy atom. The summed E-state index contributed by atoms with van der Waals surface area (Å²) in [6.45, 7) is 2.07. The molecule has 1 unspecified atom stereocenters. The van der Waals surface area contributed by atoms with Crippen molar-refractivity contribution in [3.05, 3.63) is 84.4 Å². The summed E-state index contributed by atoms with van der Waals surface area (Å²) < 4.78 is 17.4. The molecule has 3 aromatic rings. The highest BCUT2D eigenvalue weighted by atomic mass is 16.5. The summed E-state index contributed by atoms with van der Waals surface area (Å²) >= 11 is 0. The van der Waals surface area contributed by atoms with Crippen molar-refractivity contribution < 1.29 is 19.0 Å². The molecule has 1 amide bonds. The van der Waals surface area contributed by atoms with Crippen LogP contribution in [0.2, 0.25) is 0 Å². The molecule has 0 aromatic heterocycles. The smallest absolute Gasteiger partial charge is 0.243 e. The van der Waals surface area contributed by atoms with E-state index in [9.17, 15) is 4.79 Å². The third-order valence-corrected chi connectivity index (χ3v) is 5.61. The minimum Gasteiger partial charge on any atom is -0.491 e. The summed E-state index contributed by atoms with van der Waals surface area (Å²) in [7, 11) is 0. The molecule has 0 spiro atoms. The SMILES string of the molecule is O=C(CNc1ccccc1OCCCc1ccccc1)Nc1cccc(OCC2CCCO2)c1. The highest BCUT2D eigenvalue weighted by Crippen LogP contribution is 2.24. The predicted octanol–water partition coefficient (Wildman–Crippen LogP) is 5.31. The number of para-hydroxylation sites is 2. The molecule has 6 nitrogen and oxygen atoms in total. The van der Waals surface area contributed by atoms with E-state index in [2.05, 4.69) is 34.9 Å². The van der Waals surface area contributed by atoms with Gasteiger partial charge in [-0.15, -0.1) is 0 Å². The number of carbonyl (C=O) groups is 1. The lowest BCUT2D eigenvalue weighted by atomic mass is 10.1. The highest BCUT2D eigenvalue weighted by Gasteiger charge is 2.16. The number of rotatable bonds is 12. The maximum absolute atomic E-state index is 12.5. The Morgan fingerprint density at radius 1 is 0.971 bits per heavy atom. The molecule has 34 heavy (non-hydrogen) atoms. The summed E-state index contributed by atoms with van der Waals surface area (Å²) in [6, 6.07) is 25.5. The topological polar surface area (TPSA) is 68.8 Å². The first-order valence-corrected chi connectivity index (χ1v) is 11.9. The van der Waals surface area contributed by atoms with Crippen LogP contribution < -0.4 is 20.1 Å². The van der Waals surface area contributed by atoms with E-state index < -0.39 is 0 Å². The first-order chi connectivity index (χ1) is 16.8. The van der Waals surface area contributed by atoms with Crippen molar-refractivity contribution in [3.63, 3.8) is 0 Å². The number of hydrogen-bond acceptors (Lipinski definition) is 5. The van der Waals surface area contributed by atoms with Crippen molar-refractivity contribution in [2.45, 2.75) is 31.8 Å². The number of nitrogens with one attached hydrogen (secondary N) is 2. The van der Waals surface area contributed by atoms with Crippen molar-refractivity contribution >= 4 is 17.3 Å². The third kappa shape index (κ3) is 7.52. The number of benzene rings is 3. The van der Waals surface area contributed by atoms with E-state index in [1.54, 1.807) is 0 Å². The second-order valence-corrected chi connectivity index (χ2v) is 8.31. The molecular formula is C28H32N2O4. The van der Waals surface area contributed by atoms with Crippen LogP contribution in [0.5, 0.6) is 11.5 Å². The zero-order chi connectivity index (χ0) is 23.4. The van der Waals surface area contributed by atoms with Gasteiger partial charge in [-0.1, -0.05) is 48.5 Å². The molecule has 3 aromatic carbocycles. The van der Waals surface area contributed by atoms with Crippen LogP contribution in [-0.4, -0.2) is 38.4 Å². The van der Waals surface area contributed by atoms with Gasteiger partial charge in [0.1, 0.15) is 18.1 Å². The Labute approximate surface area is 201 Å². The molecule has 0 aliphatic carbocycles. The molecule has 0 saturated carbocycles. The van der Waals surface area contributed by atoms with Gasteiger partial charge in [0, 0.05) is 18.4 Å². The van der Waals surface area contributed by atoms with E-state index in [0.717, 1.165) is 49.5 Å². The molecule has 6 heteroatoms. The van der Waals surface area contributed by atoms with E-state index in [-0.39, 0.29) is 18.6 Å². The summed E-state index contributed by atoms with van der Waals surface area (Å²) in [5.74, 6) is 1.32. The van der Waals surface area contributed by atoms with Crippen molar-refractivity contribution in [2.75, 3.05) is 37.0 Å². The average Bonchev–Trinajstić information content (AvgIpc) is 3.39. The minimum absolute atomic E-state index is 0.130. The maximum atomic E-state index is 12.5. The number of amides is 1. The van der Waals surface area contributed by atoms with Gasteiger partial charge in [0.15, 0.2) is 0 Å². The lowest BCUT2D eigenvalue weighted by molar-refractivity contribution is -0.114. The number of aryl methyl sites for hydroxylation is 1. The van der Waals surface area contributed by atoms with Crippen LogP contribution in [-0.2, 0) is 16.0 Å². The van der Waals surface area contributed by atoms with Crippen molar-refractivity contribution in [1.82, 2.24) is 0 Å². The lowest BCUT2D eigenvalue weighted by Crippen LogP contribution is -2.22. The first-order valence-electron chi connectivity index (χ1n) is 11.9. The van der Waals surface area contributed by atoms with Gasteiger partial charge in [-0.25, -0.2) is 0 Å². The van der Waals surface area contributed by atoms with Crippen LogP contribution in [0, 0.1) is 0 Å². The van der Waals surface area contributed by atoms with Gasteiger partial charge in [0.2, 0.25) is 5.91 Å². The van der Waals surface area contributed by atoms with Crippen molar-refractivity contribution in [3.8, 4) is 11.5 Å². The van der Waals surface area contributed by atoms with E-state index in [0.29, 0.717) is 18.9 Å². The third-order valence-electron chi connectivity index (χ3n) is 5.61. The summed E-state index contributed by atoms with van der Waals surface area (Å²) in [4.78, 5) is 12.5. The molecule has 4 rings (SSSR count). The van der Waals surface area contributed by atoms with Gasteiger partial charge >= 0.3 is 0 Å². The van der Waals surface area contributed by atoms with E-state index >= 15 is 0 Å². The molecule has 0 radical (unpaired) electrons. The lowest BCUT2D eigenvalue weighted by Gasteiger charge is -2.14. The van der Waals surface area contributed by atoms with Crippen LogP contribution in [0.4, 0.5) is 11.4 Å². The second-order valence-electron chi connectivity index (χ2n) is 8.31. The van der Waals surface area contributed by atoms with Crippen LogP contribution in [0.1, 0.15) is 24.8 Å². The van der Waals surface area contributed by atoms with Gasteiger partial charge in [-0.05, 0) is 55.5 Å². The molecule has 178 valence electrons. The summed E-state index contributed by atoms with van der Waals surface area (Å²) in [6.07, 6.45) is 4.15. The first kappa shape index (κ1) is 23.6. The molecule has 2 N–H and O–H groups in total. The average molecular weight is 461 g/mol. The largest absolute Gasteiger partial charge is 0.491 e. The standard InChI is InChI=1S/C28H32N2O4/c31-28(30-23-12-6-13-24(19-23)34-21-25-14-8-17-32-25)20-29-26-15-4-5-16-27(26)33-18-7-11-22-9-2-1-3-10-22/h1-6,9-10,12-13,15-16,19,25,29H,7-8,11,14,17-18,20-21H2,(H,30,31). The van der Waals surface area contributed by atoms with E-state index in [4.69, 9.17) is 14.2 Å². The van der Waals surface area contributed by atoms with Crippen LogP contribution >= 0.6 is 0 Å². The zero-order valence-corrected chi connectivity index (χ0v) is 19.4. The Bertz CT molecular complexity index is 1040. The molecule has 1 aliphatic heterocycles. The van der Waals surface area contributed by atoms with Gasteiger partial charge in [-0.3, -0.25) is 4.79 Å². The fourth-order valence-corrected chi connectivity index (χ4v) is 3.85.